The van der Waals surface area contributed by atoms with Crippen LogP contribution < -0.4 is 5.46 Å². The maximum Gasteiger partial charge on any atom is 0.494 e. The Kier molecular flexibility index (Phi) is 4.36. The highest BCUT2D eigenvalue weighted by Gasteiger charge is 2.51. The minimum atomic E-state index is -0.405. The highest BCUT2D eigenvalue weighted by Crippen LogP contribution is 2.43. The molecule has 7 rings (SSSR count). The molecule has 35 heavy (non-hydrogen) atoms. The van der Waals surface area contributed by atoms with E-state index in [0.717, 1.165) is 27.4 Å². The van der Waals surface area contributed by atoms with Crippen LogP contribution in [0.2, 0.25) is 0 Å². The Morgan fingerprint density at radius 1 is 0.629 bits per heavy atom. The van der Waals surface area contributed by atoms with Crippen LogP contribution >= 0.6 is 11.3 Å². The predicted octanol–water partition coefficient (Wildman–Crippen LogP) is 7.92. The van der Waals surface area contributed by atoms with Crippen molar-refractivity contribution in [3.8, 4) is 11.1 Å². The molecule has 1 aliphatic heterocycles. The first-order valence-electron chi connectivity index (χ1n) is 12.0. The maximum atomic E-state index is 6.34. The molecule has 0 amide bonds. The topological polar surface area (TPSA) is 31.6 Å². The molecule has 0 N–H and O–H groups in total. The van der Waals surface area contributed by atoms with Crippen LogP contribution in [0.15, 0.2) is 83.3 Å². The largest absolute Gasteiger partial charge is 0.494 e. The number of hydrogen-bond acceptors (Lipinski definition) is 4. The van der Waals surface area contributed by atoms with Gasteiger partial charge >= 0.3 is 7.12 Å². The molecule has 0 radical (unpaired) electrons. The van der Waals surface area contributed by atoms with Crippen molar-refractivity contribution in [3.63, 3.8) is 0 Å². The summed E-state index contributed by atoms with van der Waals surface area (Å²) in [5, 5.41) is 4.78. The van der Waals surface area contributed by atoms with Gasteiger partial charge in [0.15, 0.2) is 0 Å². The van der Waals surface area contributed by atoms with Gasteiger partial charge in [-0.3, -0.25) is 0 Å². The molecule has 3 heterocycles. The van der Waals surface area contributed by atoms with E-state index in [1.165, 1.54) is 31.3 Å². The second-order valence-corrected chi connectivity index (χ2v) is 11.5. The van der Waals surface area contributed by atoms with Gasteiger partial charge in [0.25, 0.3) is 0 Å². The molecule has 0 atom stereocenters. The van der Waals surface area contributed by atoms with E-state index in [9.17, 15) is 0 Å². The standard InChI is InChI=1S/C30H25BO3S/c1-29(2)30(3,4)34-31(33-29)20-11-12-23-21(17-20)27-24(32-23)13-15-26-28(27)22-16-19(10-14-25(22)35-26)18-8-6-5-7-9-18/h5-17H,1-4H3. The van der Waals surface area contributed by atoms with Crippen molar-refractivity contribution in [1.82, 2.24) is 0 Å². The normalized spacial score (nSPS) is 17.3. The van der Waals surface area contributed by atoms with Crippen LogP contribution in [0.4, 0.5) is 0 Å². The number of benzene rings is 4. The van der Waals surface area contributed by atoms with E-state index in [1.54, 1.807) is 0 Å². The smallest absolute Gasteiger partial charge is 0.456 e. The lowest BCUT2D eigenvalue weighted by Crippen LogP contribution is -2.41. The van der Waals surface area contributed by atoms with Crippen LogP contribution in [0.5, 0.6) is 0 Å². The molecule has 4 aromatic carbocycles. The van der Waals surface area contributed by atoms with E-state index < -0.39 is 7.12 Å². The lowest BCUT2D eigenvalue weighted by atomic mass is 9.78. The number of fused-ring (bicyclic) bond motifs is 7. The van der Waals surface area contributed by atoms with Gasteiger partial charge in [0.05, 0.1) is 11.2 Å². The van der Waals surface area contributed by atoms with Crippen LogP contribution in [-0.4, -0.2) is 18.3 Å². The summed E-state index contributed by atoms with van der Waals surface area (Å²) in [6.07, 6.45) is 0. The molecular weight excluding hydrogens is 451 g/mol. The van der Waals surface area contributed by atoms with Crippen LogP contribution in [0, 0.1) is 0 Å². The van der Waals surface area contributed by atoms with Crippen LogP contribution in [0.3, 0.4) is 0 Å². The molecule has 0 aliphatic carbocycles. The molecule has 1 fully saturated rings. The summed E-state index contributed by atoms with van der Waals surface area (Å²) in [5.74, 6) is 0. The fourth-order valence-corrected chi connectivity index (χ4v) is 6.18. The van der Waals surface area contributed by atoms with Gasteiger partial charge < -0.3 is 13.7 Å². The van der Waals surface area contributed by atoms with Gasteiger partial charge in [-0.05, 0) is 74.6 Å². The first-order valence-corrected chi connectivity index (χ1v) is 12.8. The van der Waals surface area contributed by atoms with Crippen molar-refractivity contribution >= 4 is 66.0 Å². The van der Waals surface area contributed by atoms with Gasteiger partial charge in [-0.1, -0.05) is 48.5 Å². The van der Waals surface area contributed by atoms with Gasteiger partial charge in [0, 0.05) is 30.9 Å². The summed E-state index contributed by atoms with van der Waals surface area (Å²) in [4.78, 5) is 0. The molecule has 6 aromatic rings. The van der Waals surface area contributed by atoms with Crippen LogP contribution in [-0.2, 0) is 9.31 Å². The van der Waals surface area contributed by atoms with Crippen LogP contribution in [0.25, 0.3) is 53.2 Å². The van der Waals surface area contributed by atoms with Crippen LogP contribution in [0.1, 0.15) is 27.7 Å². The summed E-state index contributed by atoms with van der Waals surface area (Å²) < 4.78 is 21.6. The van der Waals surface area contributed by atoms with Crippen molar-refractivity contribution < 1.29 is 13.7 Å². The fraction of sp³-hybridized carbons (Fsp3) is 0.200. The van der Waals surface area contributed by atoms with Crippen molar-refractivity contribution in [2.24, 2.45) is 0 Å². The molecule has 5 heteroatoms. The molecule has 0 unspecified atom stereocenters. The molecule has 0 saturated carbocycles. The van der Waals surface area contributed by atoms with E-state index in [1.807, 2.05) is 17.4 Å². The number of furan rings is 1. The zero-order valence-corrected chi connectivity index (χ0v) is 21.0. The van der Waals surface area contributed by atoms with Crippen molar-refractivity contribution in [1.29, 1.82) is 0 Å². The third kappa shape index (κ3) is 3.12. The zero-order valence-electron chi connectivity index (χ0n) is 20.2. The fourth-order valence-electron chi connectivity index (χ4n) is 5.09. The summed E-state index contributed by atoms with van der Waals surface area (Å²) in [5.41, 5.74) is 4.49. The van der Waals surface area contributed by atoms with Gasteiger partial charge in [-0.2, -0.15) is 0 Å². The average Bonchev–Trinajstić information content (AvgIpc) is 3.46. The first-order chi connectivity index (χ1) is 16.8. The van der Waals surface area contributed by atoms with Gasteiger partial charge in [0.1, 0.15) is 11.2 Å². The second-order valence-electron chi connectivity index (χ2n) is 10.4. The molecule has 0 spiro atoms. The third-order valence-electron chi connectivity index (χ3n) is 7.72. The van der Waals surface area contributed by atoms with E-state index >= 15 is 0 Å². The molecule has 3 nitrogen and oxygen atoms in total. The Morgan fingerprint density at radius 3 is 2.11 bits per heavy atom. The van der Waals surface area contributed by atoms with Crippen molar-refractivity contribution in [3.05, 3.63) is 78.9 Å². The van der Waals surface area contributed by atoms with E-state index in [-0.39, 0.29) is 11.2 Å². The quantitative estimate of drug-likeness (QED) is 0.238. The summed E-state index contributed by atoms with van der Waals surface area (Å²) >= 11 is 1.83. The number of hydrogen-bond donors (Lipinski definition) is 0. The Labute approximate surface area is 208 Å². The Hall–Kier alpha value is -3.12. The van der Waals surface area contributed by atoms with Gasteiger partial charge in [-0.15, -0.1) is 11.3 Å². The third-order valence-corrected chi connectivity index (χ3v) is 8.86. The summed E-state index contributed by atoms with van der Waals surface area (Å²) in [6, 6.07) is 27.9. The van der Waals surface area contributed by atoms with Crippen molar-refractivity contribution in [2.45, 2.75) is 38.9 Å². The highest BCUT2D eigenvalue weighted by molar-refractivity contribution is 7.26. The molecule has 172 valence electrons. The lowest BCUT2D eigenvalue weighted by Gasteiger charge is -2.32. The molecular formula is C30H25BO3S. The first kappa shape index (κ1) is 21.2. The molecule has 1 aliphatic rings. The molecule has 2 aromatic heterocycles. The average molecular weight is 476 g/mol. The predicted molar refractivity (Wildman–Crippen MR) is 148 cm³/mol. The van der Waals surface area contributed by atoms with Gasteiger partial charge in [-0.25, -0.2) is 0 Å². The SMILES string of the molecule is CC1(C)OB(c2ccc3oc4ccc5sc6ccc(-c7ccccc7)cc6c5c4c3c2)OC1(C)C. The van der Waals surface area contributed by atoms with Gasteiger partial charge in [0.2, 0.25) is 0 Å². The summed E-state index contributed by atoms with van der Waals surface area (Å²) in [6.45, 7) is 8.35. The second kappa shape index (κ2) is 7.20. The van der Waals surface area contributed by atoms with E-state index in [0.29, 0.717) is 0 Å². The Bertz CT molecular complexity index is 1740. The van der Waals surface area contributed by atoms with E-state index in [2.05, 4.69) is 100 Å². The maximum absolute atomic E-state index is 6.34. The highest BCUT2D eigenvalue weighted by atomic mass is 32.1. The number of thiophene rings is 1. The van der Waals surface area contributed by atoms with E-state index in [4.69, 9.17) is 13.7 Å². The molecule has 0 bridgehead atoms. The minimum Gasteiger partial charge on any atom is -0.456 e. The lowest BCUT2D eigenvalue weighted by molar-refractivity contribution is 0.00578. The van der Waals surface area contributed by atoms with Crippen molar-refractivity contribution in [2.75, 3.05) is 0 Å². The zero-order chi connectivity index (χ0) is 23.9. The number of rotatable bonds is 2. The Morgan fingerprint density at radius 2 is 1.34 bits per heavy atom. The molecule has 1 saturated heterocycles. The minimum absolute atomic E-state index is 0.379. The Balaban J connectivity index is 1.47. The monoisotopic (exact) mass is 476 g/mol. The summed E-state index contributed by atoms with van der Waals surface area (Å²) in [7, 11) is -0.405.